The fraction of sp³-hybridized carbons (Fsp3) is 0.750. The number of ether oxygens (including phenoxy) is 4. The Balaban J connectivity index is 1.89. The molecular formula is C24H42O5. The average molecular weight is 411 g/mol. The van der Waals surface area contributed by atoms with Crippen LogP contribution in [-0.4, -0.2) is 57.0 Å². The van der Waals surface area contributed by atoms with Crippen LogP contribution in [0.1, 0.15) is 64.4 Å². The molecule has 1 rings (SSSR count). The molecule has 0 saturated heterocycles. The fourth-order valence-electron chi connectivity index (χ4n) is 2.98. The van der Waals surface area contributed by atoms with Crippen molar-refractivity contribution < 1.29 is 24.1 Å². The van der Waals surface area contributed by atoms with E-state index in [0.29, 0.717) is 45.7 Å². The highest BCUT2D eigenvalue weighted by Crippen LogP contribution is 2.10. The van der Waals surface area contributed by atoms with Gasteiger partial charge in [-0.05, 0) is 18.9 Å². The van der Waals surface area contributed by atoms with E-state index in [4.69, 9.17) is 18.9 Å². The summed E-state index contributed by atoms with van der Waals surface area (Å²) in [7, 11) is 0. The van der Waals surface area contributed by atoms with Gasteiger partial charge in [-0.1, -0.05) is 75.8 Å². The number of benzene rings is 1. The zero-order chi connectivity index (χ0) is 21.0. The topological polar surface area (TPSA) is 57.2 Å². The summed E-state index contributed by atoms with van der Waals surface area (Å²) in [4.78, 5) is 0. The smallest absolute Gasteiger partial charge is 0.104 e. The van der Waals surface area contributed by atoms with E-state index in [1.54, 1.807) is 0 Å². The van der Waals surface area contributed by atoms with E-state index in [1.807, 2.05) is 30.3 Å². The molecule has 1 N–H and O–H groups in total. The first-order valence-corrected chi connectivity index (χ1v) is 11.3. The van der Waals surface area contributed by atoms with Crippen LogP contribution in [0.25, 0.3) is 0 Å². The lowest BCUT2D eigenvalue weighted by Gasteiger charge is -2.16. The number of hydrogen-bond acceptors (Lipinski definition) is 5. The zero-order valence-corrected chi connectivity index (χ0v) is 18.5. The standard InChI is InChI=1S/C24H42O5/c1-3-4-5-6-7-9-12-22(2)28-18-17-26-15-16-27-21-24(19-25)29-20-23-13-10-8-11-14-23/h8,10-11,13-14,22,24-25H,3-7,9,12,15-21H2,1-2H3. The van der Waals surface area contributed by atoms with Crippen LogP contribution >= 0.6 is 0 Å². The van der Waals surface area contributed by atoms with E-state index < -0.39 is 0 Å². The maximum atomic E-state index is 9.39. The highest BCUT2D eigenvalue weighted by Gasteiger charge is 2.08. The molecule has 0 bridgehead atoms. The minimum absolute atomic E-state index is 0.0575. The molecule has 0 heterocycles. The summed E-state index contributed by atoms with van der Waals surface area (Å²) in [5.41, 5.74) is 1.08. The molecule has 168 valence electrons. The molecule has 0 amide bonds. The SMILES string of the molecule is CCCCCCCCC(C)OCCOCCOCC(CO)OCc1ccccc1. The molecule has 0 radical (unpaired) electrons. The molecule has 0 aliphatic heterocycles. The van der Waals surface area contributed by atoms with Gasteiger partial charge >= 0.3 is 0 Å². The number of hydrogen-bond donors (Lipinski definition) is 1. The van der Waals surface area contributed by atoms with Gasteiger partial charge in [-0.15, -0.1) is 0 Å². The van der Waals surface area contributed by atoms with E-state index in [9.17, 15) is 5.11 Å². The predicted molar refractivity (Wildman–Crippen MR) is 117 cm³/mol. The van der Waals surface area contributed by atoms with Gasteiger partial charge in [0, 0.05) is 0 Å². The average Bonchev–Trinajstić information content (AvgIpc) is 2.75. The van der Waals surface area contributed by atoms with E-state index in [1.165, 1.54) is 38.5 Å². The molecular weight excluding hydrogens is 368 g/mol. The fourth-order valence-corrected chi connectivity index (χ4v) is 2.98. The van der Waals surface area contributed by atoms with Gasteiger partial charge in [0.25, 0.3) is 0 Å². The van der Waals surface area contributed by atoms with Crippen molar-refractivity contribution in [3.8, 4) is 0 Å². The molecule has 0 spiro atoms. The highest BCUT2D eigenvalue weighted by atomic mass is 16.6. The Hall–Kier alpha value is -0.980. The first-order chi connectivity index (χ1) is 14.3. The van der Waals surface area contributed by atoms with Gasteiger partial charge in [0.2, 0.25) is 0 Å². The summed E-state index contributed by atoms with van der Waals surface area (Å²) < 4.78 is 22.6. The first-order valence-electron chi connectivity index (χ1n) is 11.3. The minimum atomic E-state index is -0.318. The Labute approximate surface area is 177 Å². The predicted octanol–water partition coefficient (Wildman–Crippen LogP) is 4.75. The van der Waals surface area contributed by atoms with Crippen LogP contribution in [0.3, 0.4) is 0 Å². The van der Waals surface area contributed by atoms with Crippen molar-refractivity contribution in [1.29, 1.82) is 0 Å². The van der Waals surface area contributed by atoms with E-state index >= 15 is 0 Å². The van der Waals surface area contributed by atoms with Crippen LogP contribution in [0.2, 0.25) is 0 Å². The maximum absolute atomic E-state index is 9.39. The van der Waals surface area contributed by atoms with Crippen LogP contribution in [0, 0.1) is 0 Å². The van der Waals surface area contributed by atoms with Gasteiger partial charge in [0.05, 0.1) is 52.4 Å². The first kappa shape index (κ1) is 26.1. The second-order valence-corrected chi connectivity index (χ2v) is 7.53. The van der Waals surface area contributed by atoms with Gasteiger partial charge in [0.1, 0.15) is 6.10 Å². The van der Waals surface area contributed by atoms with Crippen molar-refractivity contribution >= 4 is 0 Å². The molecule has 5 heteroatoms. The van der Waals surface area contributed by atoms with Crippen molar-refractivity contribution in [2.24, 2.45) is 0 Å². The summed E-state index contributed by atoms with van der Waals surface area (Å²) in [5.74, 6) is 0. The minimum Gasteiger partial charge on any atom is -0.394 e. The van der Waals surface area contributed by atoms with Gasteiger partial charge in [-0.2, -0.15) is 0 Å². The van der Waals surface area contributed by atoms with Crippen LogP contribution in [0.15, 0.2) is 30.3 Å². The van der Waals surface area contributed by atoms with Gasteiger partial charge in [-0.3, -0.25) is 0 Å². The Morgan fingerprint density at radius 1 is 0.828 bits per heavy atom. The lowest BCUT2D eigenvalue weighted by atomic mass is 10.1. The van der Waals surface area contributed by atoms with Gasteiger partial charge < -0.3 is 24.1 Å². The monoisotopic (exact) mass is 410 g/mol. The van der Waals surface area contributed by atoms with Crippen molar-refractivity contribution in [3.63, 3.8) is 0 Å². The number of aliphatic hydroxyl groups is 1. The second-order valence-electron chi connectivity index (χ2n) is 7.53. The lowest BCUT2D eigenvalue weighted by Crippen LogP contribution is -2.25. The number of aliphatic hydroxyl groups excluding tert-OH is 1. The Kier molecular flexibility index (Phi) is 17.1. The van der Waals surface area contributed by atoms with E-state index in [2.05, 4.69) is 13.8 Å². The molecule has 0 aromatic heterocycles. The van der Waals surface area contributed by atoms with Crippen LogP contribution in [0.5, 0.6) is 0 Å². The molecule has 1 aromatic rings. The van der Waals surface area contributed by atoms with Crippen molar-refractivity contribution in [2.75, 3.05) is 39.6 Å². The molecule has 0 saturated carbocycles. The summed E-state index contributed by atoms with van der Waals surface area (Å²) in [6.45, 7) is 7.37. The summed E-state index contributed by atoms with van der Waals surface area (Å²) in [6, 6.07) is 9.91. The molecule has 0 fully saturated rings. The summed E-state index contributed by atoms with van der Waals surface area (Å²) in [6.07, 6.45) is 9.03. The molecule has 2 atom stereocenters. The maximum Gasteiger partial charge on any atom is 0.104 e. The Morgan fingerprint density at radius 2 is 1.52 bits per heavy atom. The van der Waals surface area contributed by atoms with Crippen LogP contribution in [0.4, 0.5) is 0 Å². The van der Waals surface area contributed by atoms with Crippen LogP contribution < -0.4 is 0 Å². The molecule has 2 unspecified atom stereocenters. The van der Waals surface area contributed by atoms with Crippen LogP contribution in [-0.2, 0) is 25.6 Å². The zero-order valence-electron chi connectivity index (χ0n) is 18.5. The molecule has 5 nitrogen and oxygen atoms in total. The van der Waals surface area contributed by atoms with Crippen molar-refractivity contribution in [1.82, 2.24) is 0 Å². The third-order valence-electron chi connectivity index (χ3n) is 4.80. The lowest BCUT2D eigenvalue weighted by molar-refractivity contribution is -0.0623. The number of rotatable bonds is 20. The van der Waals surface area contributed by atoms with Gasteiger partial charge in [0.15, 0.2) is 0 Å². The summed E-state index contributed by atoms with van der Waals surface area (Å²) in [5, 5.41) is 9.39. The second kappa shape index (κ2) is 19.0. The van der Waals surface area contributed by atoms with Crippen molar-refractivity contribution in [3.05, 3.63) is 35.9 Å². The molecule has 29 heavy (non-hydrogen) atoms. The Bertz CT molecular complexity index is 454. The quantitative estimate of drug-likeness (QED) is 0.314. The van der Waals surface area contributed by atoms with E-state index in [-0.39, 0.29) is 12.7 Å². The normalized spacial score (nSPS) is 13.5. The third kappa shape index (κ3) is 15.5. The molecule has 0 aliphatic rings. The van der Waals surface area contributed by atoms with E-state index in [0.717, 1.165) is 12.0 Å². The Morgan fingerprint density at radius 3 is 2.28 bits per heavy atom. The molecule has 0 aliphatic carbocycles. The van der Waals surface area contributed by atoms with Gasteiger partial charge in [-0.25, -0.2) is 0 Å². The number of unbranched alkanes of at least 4 members (excludes halogenated alkanes) is 5. The largest absolute Gasteiger partial charge is 0.394 e. The third-order valence-corrected chi connectivity index (χ3v) is 4.80. The summed E-state index contributed by atoms with van der Waals surface area (Å²) >= 11 is 0. The molecule has 1 aromatic carbocycles. The highest BCUT2D eigenvalue weighted by molar-refractivity contribution is 5.13. The van der Waals surface area contributed by atoms with Crippen molar-refractivity contribution in [2.45, 2.75) is 77.6 Å².